The van der Waals surface area contributed by atoms with E-state index in [-0.39, 0.29) is 12.4 Å². The lowest BCUT2D eigenvalue weighted by Crippen LogP contribution is -2.39. The number of aliphatic hydroxyl groups is 1. The average molecular weight is 323 g/mol. The second-order valence-corrected chi connectivity index (χ2v) is 6.44. The summed E-state index contributed by atoms with van der Waals surface area (Å²) in [5.41, 5.74) is 1.80. The van der Waals surface area contributed by atoms with E-state index in [0.717, 1.165) is 44.6 Å². The summed E-state index contributed by atoms with van der Waals surface area (Å²) in [6, 6.07) is 5.88. The zero-order valence-electron chi connectivity index (χ0n) is 14.4. The number of hydrogen-bond acceptors (Lipinski definition) is 4. The minimum atomic E-state index is -0.169. The molecule has 4 nitrogen and oxygen atoms in total. The summed E-state index contributed by atoms with van der Waals surface area (Å²) >= 11 is 0. The molecule has 0 saturated carbocycles. The van der Waals surface area contributed by atoms with Crippen LogP contribution in [-0.2, 0) is 6.54 Å². The second kappa shape index (κ2) is 9.21. The summed E-state index contributed by atoms with van der Waals surface area (Å²) in [6.45, 7) is 3.73. The van der Waals surface area contributed by atoms with Gasteiger partial charge in [-0.15, -0.1) is 0 Å². The number of rotatable bonds is 8. The zero-order valence-corrected chi connectivity index (χ0v) is 14.4. The first-order valence-electron chi connectivity index (χ1n) is 8.64. The molecule has 2 rings (SSSR count). The standard InChI is InChI=1S/C18H30FN3O/c1-20-9-11-21(2)18-13-15(6-7-17(18)19)14-22-10-4-3-5-16(22)8-12-23/h6-7,13,16,20,23H,3-5,8-12,14H2,1-2H3. The van der Waals surface area contributed by atoms with Crippen molar-refractivity contribution in [1.82, 2.24) is 10.2 Å². The number of nitrogens with zero attached hydrogens (tertiary/aromatic N) is 2. The largest absolute Gasteiger partial charge is 0.396 e. The number of aliphatic hydroxyl groups excluding tert-OH is 1. The minimum absolute atomic E-state index is 0.169. The Hall–Kier alpha value is -1.17. The van der Waals surface area contributed by atoms with E-state index in [0.29, 0.717) is 11.7 Å². The van der Waals surface area contributed by atoms with Crippen LogP contribution in [0.4, 0.5) is 10.1 Å². The Morgan fingerprint density at radius 2 is 2.22 bits per heavy atom. The third-order valence-electron chi connectivity index (χ3n) is 4.72. The third kappa shape index (κ3) is 5.16. The molecule has 0 amide bonds. The molecule has 0 radical (unpaired) electrons. The number of likely N-dealkylation sites (tertiary alicyclic amines) is 1. The maximum atomic E-state index is 14.1. The molecule has 5 heteroatoms. The SMILES string of the molecule is CNCCN(C)c1cc(CN2CCCCC2CCO)ccc1F. The first-order chi connectivity index (χ1) is 11.2. The Kier molecular flexibility index (Phi) is 7.27. The van der Waals surface area contributed by atoms with E-state index in [9.17, 15) is 9.50 Å². The van der Waals surface area contributed by atoms with Crippen molar-refractivity contribution >= 4 is 5.69 Å². The van der Waals surface area contributed by atoms with Crippen molar-refractivity contribution in [2.24, 2.45) is 0 Å². The average Bonchev–Trinajstić information content (AvgIpc) is 2.56. The van der Waals surface area contributed by atoms with Crippen molar-refractivity contribution in [3.63, 3.8) is 0 Å². The van der Waals surface area contributed by atoms with Crippen LogP contribution in [-0.4, -0.2) is 56.4 Å². The van der Waals surface area contributed by atoms with Crippen LogP contribution >= 0.6 is 0 Å². The van der Waals surface area contributed by atoms with Gasteiger partial charge in [-0.1, -0.05) is 12.5 Å². The fraction of sp³-hybridized carbons (Fsp3) is 0.667. The van der Waals surface area contributed by atoms with Crippen molar-refractivity contribution in [3.8, 4) is 0 Å². The molecule has 1 aromatic carbocycles. The van der Waals surface area contributed by atoms with E-state index < -0.39 is 0 Å². The van der Waals surface area contributed by atoms with Gasteiger partial charge in [-0.2, -0.15) is 0 Å². The molecule has 0 bridgehead atoms. The maximum absolute atomic E-state index is 14.1. The summed E-state index contributed by atoms with van der Waals surface area (Å²) in [5.74, 6) is -0.169. The van der Waals surface area contributed by atoms with E-state index in [2.05, 4.69) is 10.2 Å². The number of likely N-dealkylation sites (N-methyl/N-ethyl adjacent to an activating group) is 2. The van der Waals surface area contributed by atoms with E-state index in [4.69, 9.17) is 0 Å². The Morgan fingerprint density at radius 1 is 1.39 bits per heavy atom. The van der Waals surface area contributed by atoms with Gasteiger partial charge in [0.15, 0.2) is 0 Å². The molecule has 1 atom stereocenters. The molecular formula is C18H30FN3O. The predicted octanol–water partition coefficient (Wildman–Crippen LogP) is 2.22. The zero-order chi connectivity index (χ0) is 16.7. The lowest BCUT2D eigenvalue weighted by Gasteiger charge is -2.35. The molecule has 1 aliphatic rings. The van der Waals surface area contributed by atoms with E-state index in [1.165, 1.54) is 12.8 Å². The first kappa shape index (κ1) is 18.2. The number of hydrogen-bond donors (Lipinski definition) is 2. The molecule has 1 heterocycles. The third-order valence-corrected chi connectivity index (χ3v) is 4.72. The number of nitrogens with one attached hydrogen (secondary N) is 1. The maximum Gasteiger partial charge on any atom is 0.146 e. The van der Waals surface area contributed by atoms with Crippen LogP contribution in [0, 0.1) is 5.82 Å². The number of piperidine rings is 1. The molecule has 1 fully saturated rings. The quantitative estimate of drug-likeness (QED) is 0.769. The van der Waals surface area contributed by atoms with Gasteiger partial charge in [0, 0.05) is 39.3 Å². The molecule has 0 aliphatic carbocycles. The van der Waals surface area contributed by atoms with Crippen LogP contribution in [0.3, 0.4) is 0 Å². The van der Waals surface area contributed by atoms with Gasteiger partial charge in [0.1, 0.15) is 5.82 Å². The van der Waals surface area contributed by atoms with Crippen LogP contribution in [0.25, 0.3) is 0 Å². The van der Waals surface area contributed by atoms with Gasteiger partial charge in [-0.05, 0) is 50.6 Å². The molecule has 0 spiro atoms. The second-order valence-electron chi connectivity index (χ2n) is 6.44. The van der Waals surface area contributed by atoms with E-state index in [1.54, 1.807) is 6.07 Å². The highest BCUT2D eigenvalue weighted by molar-refractivity contribution is 5.49. The van der Waals surface area contributed by atoms with Crippen molar-refractivity contribution in [2.75, 3.05) is 45.2 Å². The van der Waals surface area contributed by atoms with Gasteiger partial charge in [0.2, 0.25) is 0 Å². The molecule has 1 saturated heterocycles. The molecule has 2 N–H and O–H groups in total. The van der Waals surface area contributed by atoms with Crippen molar-refractivity contribution < 1.29 is 9.50 Å². The van der Waals surface area contributed by atoms with Crippen LogP contribution in [0.15, 0.2) is 18.2 Å². The molecule has 0 aromatic heterocycles. The highest BCUT2D eigenvalue weighted by atomic mass is 19.1. The molecule has 23 heavy (non-hydrogen) atoms. The Balaban J connectivity index is 2.07. The molecule has 1 aromatic rings. The van der Waals surface area contributed by atoms with Crippen molar-refractivity contribution in [2.45, 2.75) is 38.3 Å². The first-order valence-corrected chi connectivity index (χ1v) is 8.64. The fourth-order valence-corrected chi connectivity index (χ4v) is 3.33. The van der Waals surface area contributed by atoms with Gasteiger partial charge in [-0.25, -0.2) is 4.39 Å². The van der Waals surface area contributed by atoms with Gasteiger partial charge in [0.25, 0.3) is 0 Å². The van der Waals surface area contributed by atoms with Crippen molar-refractivity contribution in [1.29, 1.82) is 0 Å². The normalized spacial score (nSPS) is 19.0. The van der Waals surface area contributed by atoms with Gasteiger partial charge < -0.3 is 15.3 Å². The highest BCUT2D eigenvalue weighted by Gasteiger charge is 2.22. The summed E-state index contributed by atoms with van der Waals surface area (Å²) in [7, 11) is 3.83. The Labute approximate surface area is 139 Å². The van der Waals surface area contributed by atoms with Crippen LogP contribution in [0.5, 0.6) is 0 Å². The number of halogens is 1. The van der Waals surface area contributed by atoms with Gasteiger partial charge in [-0.3, -0.25) is 4.90 Å². The highest BCUT2D eigenvalue weighted by Crippen LogP contribution is 2.25. The fourth-order valence-electron chi connectivity index (χ4n) is 3.33. The summed E-state index contributed by atoms with van der Waals surface area (Å²) in [5, 5.41) is 12.3. The van der Waals surface area contributed by atoms with Crippen LogP contribution in [0.1, 0.15) is 31.2 Å². The van der Waals surface area contributed by atoms with Crippen molar-refractivity contribution in [3.05, 3.63) is 29.6 Å². The van der Waals surface area contributed by atoms with Crippen LogP contribution in [0.2, 0.25) is 0 Å². The van der Waals surface area contributed by atoms with Gasteiger partial charge in [0.05, 0.1) is 5.69 Å². The molecule has 130 valence electrons. The predicted molar refractivity (Wildman–Crippen MR) is 93.3 cm³/mol. The molecule has 1 aliphatic heterocycles. The van der Waals surface area contributed by atoms with E-state index in [1.807, 2.05) is 31.1 Å². The van der Waals surface area contributed by atoms with E-state index >= 15 is 0 Å². The monoisotopic (exact) mass is 323 g/mol. The summed E-state index contributed by atoms with van der Waals surface area (Å²) in [4.78, 5) is 4.39. The summed E-state index contributed by atoms with van der Waals surface area (Å²) < 4.78 is 14.1. The Morgan fingerprint density at radius 3 is 2.96 bits per heavy atom. The Bertz CT molecular complexity index is 481. The molecular weight excluding hydrogens is 293 g/mol. The lowest BCUT2D eigenvalue weighted by molar-refractivity contribution is 0.112. The topological polar surface area (TPSA) is 38.7 Å². The smallest absolute Gasteiger partial charge is 0.146 e. The van der Waals surface area contributed by atoms with Gasteiger partial charge >= 0.3 is 0 Å². The number of benzene rings is 1. The lowest BCUT2D eigenvalue weighted by atomic mass is 9.98. The number of anilines is 1. The van der Waals surface area contributed by atoms with Crippen LogP contribution < -0.4 is 10.2 Å². The molecule has 1 unspecified atom stereocenters. The minimum Gasteiger partial charge on any atom is -0.396 e. The summed E-state index contributed by atoms with van der Waals surface area (Å²) in [6.07, 6.45) is 4.42.